The molecule has 5 rings (SSSR count). The molecule has 3 atom stereocenters. The van der Waals surface area contributed by atoms with Crippen LogP contribution in [0.15, 0.2) is 61.2 Å². The number of rotatable bonds is 7. The Bertz CT molecular complexity index is 1050. The number of hydrazine groups is 1. The molecule has 0 saturated carbocycles. The highest BCUT2D eigenvalue weighted by molar-refractivity contribution is 5.93. The molecule has 2 aromatic rings. The van der Waals surface area contributed by atoms with E-state index in [1.165, 1.54) is 37.7 Å². The molecule has 198 valence electrons. The molecule has 0 spiro atoms. The van der Waals surface area contributed by atoms with Gasteiger partial charge < -0.3 is 5.11 Å². The van der Waals surface area contributed by atoms with Gasteiger partial charge in [-0.3, -0.25) is 20.0 Å². The molecule has 0 aliphatic carbocycles. The Kier molecular flexibility index (Phi) is 8.59. The van der Waals surface area contributed by atoms with E-state index in [2.05, 4.69) is 45.0 Å². The minimum absolute atomic E-state index is 0.0333. The molecular weight excluding hydrogens is 460 g/mol. The Morgan fingerprint density at radius 3 is 2.43 bits per heavy atom. The maximum Gasteiger partial charge on any atom is 0.265 e. The highest BCUT2D eigenvalue weighted by Gasteiger charge is 2.39. The number of amides is 1. The first kappa shape index (κ1) is 26.0. The predicted molar refractivity (Wildman–Crippen MR) is 148 cm³/mol. The van der Waals surface area contributed by atoms with Gasteiger partial charge in [0.25, 0.3) is 5.91 Å². The van der Waals surface area contributed by atoms with Gasteiger partial charge in [0.2, 0.25) is 0 Å². The van der Waals surface area contributed by atoms with E-state index in [4.69, 9.17) is 0 Å². The molecule has 0 aromatic heterocycles. The van der Waals surface area contributed by atoms with E-state index < -0.39 is 0 Å². The average Bonchev–Trinajstić information content (AvgIpc) is 3.21. The lowest BCUT2D eigenvalue weighted by Gasteiger charge is -2.46. The monoisotopic (exact) mass is 502 g/mol. The number of hydrogen-bond donors (Lipinski definition) is 2. The summed E-state index contributed by atoms with van der Waals surface area (Å²) >= 11 is 0. The van der Waals surface area contributed by atoms with Gasteiger partial charge in [-0.2, -0.15) is 0 Å². The summed E-state index contributed by atoms with van der Waals surface area (Å²) in [6, 6.07) is 16.9. The lowest BCUT2D eigenvalue weighted by molar-refractivity contribution is 0.0562. The molecule has 3 unspecified atom stereocenters. The van der Waals surface area contributed by atoms with Crippen molar-refractivity contribution in [2.45, 2.75) is 69.5 Å². The predicted octanol–water partition coefficient (Wildman–Crippen LogP) is 5.12. The number of aromatic hydroxyl groups is 1. The third-order valence-corrected chi connectivity index (χ3v) is 8.39. The second-order valence-electron chi connectivity index (χ2n) is 11.0. The van der Waals surface area contributed by atoms with Gasteiger partial charge in [0, 0.05) is 50.4 Å². The first-order valence-electron chi connectivity index (χ1n) is 14.2. The van der Waals surface area contributed by atoms with Crippen LogP contribution < -0.4 is 5.43 Å². The minimum atomic E-state index is -0.0333. The molecule has 1 amide bonds. The van der Waals surface area contributed by atoms with E-state index in [0.717, 1.165) is 57.5 Å². The molecule has 37 heavy (non-hydrogen) atoms. The van der Waals surface area contributed by atoms with Crippen molar-refractivity contribution in [3.8, 4) is 5.75 Å². The fourth-order valence-electron chi connectivity index (χ4n) is 6.59. The fourth-order valence-corrected chi connectivity index (χ4v) is 6.59. The van der Waals surface area contributed by atoms with Gasteiger partial charge in [-0.25, -0.2) is 5.01 Å². The number of phenols is 1. The van der Waals surface area contributed by atoms with Crippen molar-refractivity contribution in [2.75, 3.05) is 32.7 Å². The maximum absolute atomic E-state index is 13.0. The lowest BCUT2D eigenvalue weighted by atomic mass is 9.87. The number of carbonyl (C=O) groups is 1. The van der Waals surface area contributed by atoms with Crippen LogP contribution in [0, 0.1) is 0 Å². The maximum atomic E-state index is 13.0. The molecule has 3 aliphatic heterocycles. The first-order chi connectivity index (χ1) is 18.1. The van der Waals surface area contributed by atoms with Crippen molar-refractivity contribution < 1.29 is 9.90 Å². The molecule has 3 aliphatic rings. The van der Waals surface area contributed by atoms with Crippen LogP contribution in [0.5, 0.6) is 5.75 Å². The number of benzene rings is 2. The summed E-state index contributed by atoms with van der Waals surface area (Å²) in [5.74, 6) is 0.262. The van der Waals surface area contributed by atoms with Crippen LogP contribution in [0.4, 0.5) is 0 Å². The SMILES string of the molecule is C=CCN1CCC2CCCC(C1)N2C(c1ccc(C(=O)NN2CCCCCC2)cc1)c1cccc(O)c1. The second kappa shape index (κ2) is 12.2. The number of fused-ring (bicyclic) bond motifs is 2. The van der Waals surface area contributed by atoms with Crippen molar-refractivity contribution in [1.82, 2.24) is 20.2 Å². The van der Waals surface area contributed by atoms with Crippen LogP contribution in [0.3, 0.4) is 0 Å². The number of nitrogens with one attached hydrogen (secondary N) is 1. The minimum Gasteiger partial charge on any atom is -0.508 e. The standard InChI is InChI=1S/C31H42N4O2/c1-2-18-33-21-17-27-10-8-11-28(23-33)35(27)30(26-9-7-12-29(36)22-26)24-13-15-25(16-14-24)31(37)32-34-19-5-3-4-6-20-34/h2,7,9,12-16,22,27-28,30,36H,1,3-6,8,10-11,17-21,23H2,(H,32,37). The van der Waals surface area contributed by atoms with E-state index in [-0.39, 0.29) is 11.9 Å². The molecule has 0 radical (unpaired) electrons. The number of nitrogens with zero attached hydrogens (tertiary/aromatic N) is 3. The van der Waals surface area contributed by atoms with Crippen molar-refractivity contribution in [1.29, 1.82) is 0 Å². The Hall–Kier alpha value is -2.67. The Balaban J connectivity index is 1.42. The molecule has 3 fully saturated rings. The van der Waals surface area contributed by atoms with Crippen LogP contribution in [-0.2, 0) is 0 Å². The van der Waals surface area contributed by atoms with Crippen molar-refractivity contribution in [3.05, 3.63) is 77.9 Å². The van der Waals surface area contributed by atoms with Crippen LogP contribution in [-0.4, -0.2) is 70.6 Å². The third kappa shape index (κ3) is 6.25. The zero-order chi connectivity index (χ0) is 25.6. The van der Waals surface area contributed by atoms with Crippen LogP contribution in [0.1, 0.15) is 78.9 Å². The smallest absolute Gasteiger partial charge is 0.265 e. The van der Waals surface area contributed by atoms with Crippen LogP contribution in [0.25, 0.3) is 0 Å². The Morgan fingerprint density at radius 2 is 1.70 bits per heavy atom. The number of piperidine rings is 1. The van der Waals surface area contributed by atoms with Gasteiger partial charge in [0.05, 0.1) is 6.04 Å². The van der Waals surface area contributed by atoms with Gasteiger partial charge in [-0.05, 0) is 67.5 Å². The number of hydrogen-bond acceptors (Lipinski definition) is 5. The Labute approximate surface area is 221 Å². The molecule has 3 saturated heterocycles. The van der Waals surface area contributed by atoms with Gasteiger partial charge in [0.15, 0.2) is 0 Å². The first-order valence-corrected chi connectivity index (χ1v) is 14.2. The molecule has 3 heterocycles. The highest BCUT2D eigenvalue weighted by atomic mass is 16.3. The zero-order valence-corrected chi connectivity index (χ0v) is 22.0. The van der Waals surface area contributed by atoms with E-state index in [0.29, 0.717) is 23.4 Å². The summed E-state index contributed by atoms with van der Waals surface area (Å²) in [7, 11) is 0. The van der Waals surface area contributed by atoms with Gasteiger partial charge in [-0.1, -0.05) is 49.6 Å². The second-order valence-corrected chi connectivity index (χ2v) is 11.0. The van der Waals surface area contributed by atoms with E-state index in [1.54, 1.807) is 6.07 Å². The summed E-state index contributed by atoms with van der Waals surface area (Å²) in [5.41, 5.74) is 6.09. The van der Waals surface area contributed by atoms with Crippen LogP contribution in [0.2, 0.25) is 0 Å². The van der Waals surface area contributed by atoms with E-state index in [9.17, 15) is 9.90 Å². The highest BCUT2D eigenvalue weighted by Crippen LogP contribution is 2.40. The summed E-state index contributed by atoms with van der Waals surface area (Å²) in [6.07, 6.45) is 11.5. The van der Waals surface area contributed by atoms with E-state index >= 15 is 0 Å². The van der Waals surface area contributed by atoms with Gasteiger partial charge >= 0.3 is 0 Å². The average molecular weight is 503 g/mol. The summed E-state index contributed by atoms with van der Waals surface area (Å²) in [4.78, 5) is 18.3. The summed E-state index contributed by atoms with van der Waals surface area (Å²) in [5, 5.41) is 12.5. The van der Waals surface area contributed by atoms with Gasteiger partial charge in [0.1, 0.15) is 5.75 Å². The quantitative estimate of drug-likeness (QED) is 0.515. The largest absolute Gasteiger partial charge is 0.508 e. The Morgan fingerprint density at radius 1 is 0.946 bits per heavy atom. The van der Waals surface area contributed by atoms with E-state index in [1.807, 2.05) is 30.3 Å². The molecule has 6 heteroatoms. The number of carbonyl (C=O) groups excluding carboxylic acids is 1. The third-order valence-electron chi connectivity index (χ3n) is 8.39. The van der Waals surface area contributed by atoms with Crippen LogP contribution >= 0.6 is 0 Å². The van der Waals surface area contributed by atoms with Crippen molar-refractivity contribution in [3.63, 3.8) is 0 Å². The van der Waals surface area contributed by atoms with Gasteiger partial charge in [-0.15, -0.1) is 6.58 Å². The summed E-state index contributed by atoms with van der Waals surface area (Å²) < 4.78 is 0. The molecular formula is C31H42N4O2. The number of phenolic OH excluding ortho intramolecular Hbond substituents is 1. The molecule has 2 N–H and O–H groups in total. The molecule has 6 nitrogen and oxygen atoms in total. The molecule has 2 aromatic carbocycles. The zero-order valence-electron chi connectivity index (χ0n) is 22.0. The van der Waals surface area contributed by atoms with Crippen molar-refractivity contribution in [2.24, 2.45) is 0 Å². The fraction of sp³-hybridized carbons (Fsp3) is 0.516. The topological polar surface area (TPSA) is 59.0 Å². The molecule has 2 bridgehead atoms. The lowest BCUT2D eigenvalue weighted by Crippen LogP contribution is -2.50. The normalized spacial score (nSPS) is 24.5. The van der Waals surface area contributed by atoms with Crippen molar-refractivity contribution >= 4 is 5.91 Å². The summed E-state index contributed by atoms with van der Waals surface area (Å²) in [6.45, 7) is 8.87.